The summed E-state index contributed by atoms with van der Waals surface area (Å²) in [7, 11) is 1.89. The summed E-state index contributed by atoms with van der Waals surface area (Å²) in [5.41, 5.74) is 3.86. The van der Waals surface area contributed by atoms with E-state index in [2.05, 4.69) is 34.3 Å². The topological polar surface area (TPSA) is 41.4 Å². The molecule has 23 heavy (non-hydrogen) atoms. The summed E-state index contributed by atoms with van der Waals surface area (Å²) >= 11 is 0. The largest absolute Gasteiger partial charge is 0.336 e. The summed E-state index contributed by atoms with van der Waals surface area (Å²) in [6.45, 7) is 8.20. The minimum Gasteiger partial charge on any atom is -0.336 e. The molecule has 1 aliphatic heterocycles. The van der Waals surface area contributed by atoms with Crippen molar-refractivity contribution in [2.75, 3.05) is 26.2 Å². The van der Waals surface area contributed by atoms with Gasteiger partial charge in [0, 0.05) is 45.5 Å². The Morgan fingerprint density at radius 2 is 1.74 bits per heavy atom. The Kier molecular flexibility index (Phi) is 4.48. The van der Waals surface area contributed by atoms with Crippen molar-refractivity contribution in [1.29, 1.82) is 0 Å². The van der Waals surface area contributed by atoms with Gasteiger partial charge in [-0.1, -0.05) is 30.3 Å². The first-order chi connectivity index (χ1) is 11.1. The maximum absolute atomic E-state index is 12.8. The number of benzene rings is 1. The summed E-state index contributed by atoms with van der Waals surface area (Å²) < 4.78 is 1.79. The molecule has 1 aromatic carbocycles. The molecule has 0 N–H and O–H groups in total. The lowest BCUT2D eigenvalue weighted by atomic mass is 10.1. The van der Waals surface area contributed by atoms with Crippen molar-refractivity contribution < 1.29 is 4.79 Å². The summed E-state index contributed by atoms with van der Waals surface area (Å²) in [6.07, 6.45) is 0. The highest BCUT2D eigenvalue weighted by Crippen LogP contribution is 2.17. The van der Waals surface area contributed by atoms with Gasteiger partial charge in [0.1, 0.15) is 0 Å². The van der Waals surface area contributed by atoms with Crippen LogP contribution in [-0.2, 0) is 13.6 Å². The molecule has 0 atom stereocenters. The zero-order valence-electron chi connectivity index (χ0n) is 14.1. The molecular formula is C18H24N4O. The fraction of sp³-hybridized carbons (Fsp3) is 0.444. The van der Waals surface area contributed by atoms with Gasteiger partial charge >= 0.3 is 0 Å². The van der Waals surface area contributed by atoms with Gasteiger partial charge in [0.2, 0.25) is 0 Å². The molecule has 5 nitrogen and oxygen atoms in total. The molecule has 1 amide bonds. The molecule has 122 valence electrons. The van der Waals surface area contributed by atoms with Crippen LogP contribution >= 0.6 is 0 Å². The van der Waals surface area contributed by atoms with Crippen LogP contribution in [0.1, 0.15) is 27.3 Å². The van der Waals surface area contributed by atoms with E-state index in [4.69, 9.17) is 0 Å². The first-order valence-electron chi connectivity index (χ1n) is 8.12. The first-order valence-corrected chi connectivity index (χ1v) is 8.12. The molecule has 0 aliphatic carbocycles. The molecule has 5 heteroatoms. The number of carbonyl (C=O) groups is 1. The highest BCUT2D eigenvalue weighted by Gasteiger charge is 2.26. The SMILES string of the molecule is Cc1nn(C)c(C)c1C(=O)N1CCN(Cc2ccccc2)CC1. The van der Waals surface area contributed by atoms with E-state index in [9.17, 15) is 4.79 Å². The van der Waals surface area contributed by atoms with Crippen LogP contribution in [0, 0.1) is 13.8 Å². The molecule has 1 aliphatic rings. The standard InChI is InChI=1S/C18H24N4O/c1-14-17(15(2)20(3)19-14)18(23)22-11-9-21(10-12-22)13-16-7-5-4-6-8-16/h4-8H,9-13H2,1-3H3. The molecule has 3 rings (SSSR count). The molecule has 1 fully saturated rings. The van der Waals surface area contributed by atoms with Crippen molar-refractivity contribution in [2.45, 2.75) is 20.4 Å². The van der Waals surface area contributed by atoms with E-state index in [0.29, 0.717) is 0 Å². The monoisotopic (exact) mass is 312 g/mol. The van der Waals surface area contributed by atoms with E-state index in [1.54, 1.807) is 4.68 Å². The maximum atomic E-state index is 12.8. The van der Waals surface area contributed by atoms with Crippen molar-refractivity contribution in [3.8, 4) is 0 Å². The van der Waals surface area contributed by atoms with Gasteiger partial charge in [-0.05, 0) is 19.4 Å². The lowest BCUT2D eigenvalue weighted by Gasteiger charge is -2.34. The second-order valence-corrected chi connectivity index (χ2v) is 6.22. The molecular weight excluding hydrogens is 288 g/mol. The zero-order valence-corrected chi connectivity index (χ0v) is 14.1. The summed E-state index contributed by atoms with van der Waals surface area (Å²) in [5.74, 6) is 0.118. The Morgan fingerprint density at radius 3 is 2.30 bits per heavy atom. The van der Waals surface area contributed by atoms with Crippen LogP contribution in [0.25, 0.3) is 0 Å². The lowest BCUT2D eigenvalue weighted by molar-refractivity contribution is 0.0627. The fourth-order valence-electron chi connectivity index (χ4n) is 3.19. The van der Waals surface area contributed by atoms with Crippen LogP contribution in [0.5, 0.6) is 0 Å². The van der Waals surface area contributed by atoms with Crippen LogP contribution in [0.15, 0.2) is 30.3 Å². The zero-order chi connectivity index (χ0) is 16.4. The quantitative estimate of drug-likeness (QED) is 0.870. The van der Waals surface area contributed by atoms with E-state index in [-0.39, 0.29) is 5.91 Å². The average molecular weight is 312 g/mol. The van der Waals surface area contributed by atoms with E-state index < -0.39 is 0 Å². The summed E-state index contributed by atoms with van der Waals surface area (Å²) in [6, 6.07) is 10.5. The second kappa shape index (κ2) is 6.54. The Morgan fingerprint density at radius 1 is 1.09 bits per heavy atom. The Balaban J connectivity index is 1.61. The van der Waals surface area contributed by atoms with Gasteiger partial charge in [0.15, 0.2) is 0 Å². The molecule has 0 unspecified atom stereocenters. The minimum atomic E-state index is 0.118. The van der Waals surface area contributed by atoms with E-state index >= 15 is 0 Å². The Labute approximate surface area is 137 Å². The normalized spacial score (nSPS) is 15.9. The van der Waals surface area contributed by atoms with Crippen LogP contribution < -0.4 is 0 Å². The fourth-order valence-corrected chi connectivity index (χ4v) is 3.19. The van der Waals surface area contributed by atoms with Crippen molar-refractivity contribution in [2.24, 2.45) is 7.05 Å². The predicted octanol–water partition coefficient (Wildman–Crippen LogP) is 1.99. The second-order valence-electron chi connectivity index (χ2n) is 6.22. The van der Waals surface area contributed by atoms with Crippen LogP contribution in [0.4, 0.5) is 0 Å². The molecule has 1 saturated heterocycles. The molecule has 1 aromatic heterocycles. The van der Waals surface area contributed by atoms with Crippen molar-refractivity contribution >= 4 is 5.91 Å². The number of aromatic nitrogens is 2. The smallest absolute Gasteiger partial charge is 0.257 e. The van der Waals surface area contributed by atoms with E-state index in [0.717, 1.165) is 49.7 Å². The lowest BCUT2D eigenvalue weighted by Crippen LogP contribution is -2.48. The highest BCUT2D eigenvalue weighted by atomic mass is 16.2. The van der Waals surface area contributed by atoms with Gasteiger partial charge in [-0.25, -0.2) is 0 Å². The van der Waals surface area contributed by atoms with Gasteiger partial charge in [-0.15, -0.1) is 0 Å². The minimum absolute atomic E-state index is 0.118. The third-order valence-corrected chi connectivity index (χ3v) is 4.63. The number of piperazine rings is 1. The summed E-state index contributed by atoms with van der Waals surface area (Å²) in [4.78, 5) is 17.1. The van der Waals surface area contributed by atoms with Crippen LogP contribution in [0.2, 0.25) is 0 Å². The third-order valence-electron chi connectivity index (χ3n) is 4.63. The molecule has 2 heterocycles. The van der Waals surface area contributed by atoms with E-state index in [1.165, 1.54) is 5.56 Å². The Hall–Kier alpha value is -2.14. The number of hydrogen-bond donors (Lipinski definition) is 0. The number of carbonyl (C=O) groups excluding carboxylic acids is 1. The average Bonchev–Trinajstić information content (AvgIpc) is 2.81. The number of amides is 1. The highest BCUT2D eigenvalue weighted by molar-refractivity contribution is 5.96. The molecule has 0 spiro atoms. The molecule has 0 bridgehead atoms. The van der Waals surface area contributed by atoms with Gasteiger partial charge in [-0.2, -0.15) is 5.10 Å². The van der Waals surface area contributed by atoms with Gasteiger partial charge < -0.3 is 4.90 Å². The van der Waals surface area contributed by atoms with E-state index in [1.807, 2.05) is 31.9 Å². The predicted molar refractivity (Wildman–Crippen MR) is 90.3 cm³/mol. The van der Waals surface area contributed by atoms with Crippen molar-refractivity contribution in [3.05, 3.63) is 52.8 Å². The maximum Gasteiger partial charge on any atom is 0.257 e. The Bertz CT molecular complexity index is 685. The molecule has 0 saturated carbocycles. The van der Waals surface area contributed by atoms with Crippen molar-refractivity contribution in [1.82, 2.24) is 19.6 Å². The van der Waals surface area contributed by atoms with Crippen LogP contribution in [0.3, 0.4) is 0 Å². The van der Waals surface area contributed by atoms with Gasteiger partial charge in [0.05, 0.1) is 11.3 Å². The van der Waals surface area contributed by atoms with Gasteiger partial charge in [0.25, 0.3) is 5.91 Å². The number of hydrogen-bond acceptors (Lipinski definition) is 3. The third kappa shape index (κ3) is 3.29. The van der Waals surface area contributed by atoms with Crippen molar-refractivity contribution in [3.63, 3.8) is 0 Å². The van der Waals surface area contributed by atoms with Gasteiger partial charge in [-0.3, -0.25) is 14.4 Å². The molecule has 0 radical (unpaired) electrons. The number of rotatable bonds is 3. The number of nitrogens with zero attached hydrogens (tertiary/aromatic N) is 4. The molecule has 2 aromatic rings. The first kappa shape index (κ1) is 15.7. The summed E-state index contributed by atoms with van der Waals surface area (Å²) in [5, 5.41) is 4.36. The number of aryl methyl sites for hydroxylation is 2. The van der Waals surface area contributed by atoms with Crippen LogP contribution in [-0.4, -0.2) is 51.7 Å².